The maximum absolute atomic E-state index is 14.3. The van der Waals surface area contributed by atoms with E-state index in [1.807, 2.05) is 49.4 Å². The second kappa shape index (κ2) is 15.2. The maximum atomic E-state index is 14.3. The van der Waals surface area contributed by atoms with Gasteiger partial charge in [0.25, 0.3) is 10.0 Å². The van der Waals surface area contributed by atoms with E-state index in [2.05, 4.69) is 5.32 Å². The number of para-hydroxylation sites is 1. The molecule has 10 heteroatoms. The molecule has 0 unspecified atom stereocenters. The van der Waals surface area contributed by atoms with Gasteiger partial charge < -0.3 is 19.7 Å². The number of methoxy groups -OCH3 is 1. The van der Waals surface area contributed by atoms with Crippen molar-refractivity contribution in [2.45, 2.75) is 63.1 Å². The molecule has 0 aromatic heterocycles. The monoisotopic (exact) mass is 655 g/mol. The molecule has 246 valence electrons. The van der Waals surface area contributed by atoms with E-state index in [0.29, 0.717) is 17.2 Å². The Morgan fingerprint density at radius 1 is 0.851 bits per heavy atom. The fraction of sp³-hybridized carbons (Fsp3) is 0.297. The third-order valence-corrected chi connectivity index (χ3v) is 10.1. The number of sulfonamides is 1. The van der Waals surface area contributed by atoms with Gasteiger partial charge in [-0.3, -0.25) is 13.9 Å². The highest BCUT2D eigenvalue weighted by Gasteiger charge is 2.33. The zero-order valence-electron chi connectivity index (χ0n) is 27.0. The molecule has 4 aromatic carbocycles. The van der Waals surface area contributed by atoms with Crippen molar-refractivity contribution in [2.75, 3.05) is 18.0 Å². The van der Waals surface area contributed by atoms with E-state index < -0.39 is 28.5 Å². The third-order valence-electron chi connectivity index (χ3n) is 8.35. The molecule has 1 atom stereocenters. The van der Waals surface area contributed by atoms with Gasteiger partial charge in [0.15, 0.2) is 0 Å². The minimum Gasteiger partial charge on any atom is -0.497 e. The first-order chi connectivity index (χ1) is 22.6. The van der Waals surface area contributed by atoms with Crippen molar-refractivity contribution in [1.29, 1.82) is 0 Å². The summed E-state index contributed by atoms with van der Waals surface area (Å²) in [7, 11) is -2.64. The largest absolute Gasteiger partial charge is 0.497 e. The summed E-state index contributed by atoms with van der Waals surface area (Å²) in [4.78, 5) is 29.3. The van der Waals surface area contributed by atoms with Crippen LogP contribution in [0.15, 0.2) is 108 Å². The van der Waals surface area contributed by atoms with Gasteiger partial charge in [0.05, 0.1) is 17.7 Å². The van der Waals surface area contributed by atoms with Crippen molar-refractivity contribution >= 4 is 27.5 Å². The minimum absolute atomic E-state index is 0.0480. The molecule has 0 heterocycles. The Balaban J connectivity index is 1.47. The van der Waals surface area contributed by atoms with Gasteiger partial charge in [-0.1, -0.05) is 60.9 Å². The van der Waals surface area contributed by atoms with Crippen LogP contribution in [0.2, 0.25) is 0 Å². The van der Waals surface area contributed by atoms with Gasteiger partial charge in [-0.05, 0) is 92.9 Å². The summed E-state index contributed by atoms with van der Waals surface area (Å²) in [5.74, 6) is 0.957. The lowest BCUT2D eigenvalue weighted by Crippen LogP contribution is -2.52. The van der Waals surface area contributed by atoms with E-state index in [1.54, 1.807) is 62.6 Å². The van der Waals surface area contributed by atoms with Crippen LogP contribution >= 0.6 is 0 Å². The van der Waals surface area contributed by atoms with Crippen molar-refractivity contribution in [2.24, 2.45) is 0 Å². The van der Waals surface area contributed by atoms with Crippen LogP contribution in [0.3, 0.4) is 0 Å². The molecular formula is C37H41N3O6S. The average Bonchev–Trinajstić information content (AvgIpc) is 3.60. The summed E-state index contributed by atoms with van der Waals surface area (Å²) in [6, 6.07) is 28.7. The summed E-state index contributed by atoms with van der Waals surface area (Å²) in [6.07, 6.45) is 3.89. The lowest BCUT2D eigenvalue weighted by molar-refractivity contribution is -0.139. The van der Waals surface area contributed by atoms with Gasteiger partial charge in [-0.15, -0.1) is 0 Å². The maximum Gasteiger partial charge on any atom is 0.264 e. The highest BCUT2D eigenvalue weighted by Crippen LogP contribution is 2.29. The van der Waals surface area contributed by atoms with Gasteiger partial charge >= 0.3 is 0 Å². The smallest absolute Gasteiger partial charge is 0.264 e. The average molecular weight is 656 g/mol. The molecule has 1 aliphatic carbocycles. The lowest BCUT2D eigenvalue weighted by atomic mass is 10.1. The molecule has 2 amide bonds. The van der Waals surface area contributed by atoms with Crippen LogP contribution in [0.25, 0.3) is 0 Å². The number of rotatable bonds is 13. The van der Waals surface area contributed by atoms with Crippen LogP contribution in [0, 0.1) is 6.92 Å². The first kappa shape index (κ1) is 33.5. The summed E-state index contributed by atoms with van der Waals surface area (Å²) in [5, 5.41) is 3.09. The van der Waals surface area contributed by atoms with Crippen molar-refractivity contribution in [3.05, 3.63) is 114 Å². The lowest BCUT2D eigenvalue weighted by Gasteiger charge is -2.32. The number of aryl methyl sites for hydroxylation is 1. The number of carbonyl (C=O) groups excluding carboxylic acids is 2. The van der Waals surface area contributed by atoms with E-state index >= 15 is 0 Å². The van der Waals surface area contributed by atoms with Crippen molar-refractivity contribution in [3.8, 4) is 17.2 Å². The Labute approximate surface area is 277 Å². The van der Waals surface area contributed by atoms with E-state index in [9.17, 15) is 18.0 Å². The molecule has 1 aliphatic rings. The Hall–Kier alpha value is -4.83. The highest BCUT2D eigenvalue weighted by atomic mass is 32.2. The number of hydrogen-bond donors (Lipinski definition) is 1. The molecule has 0 radical (unpaired) electrons. The van der Waals surface area contributed by atoms with E-state index in [-0.39, 0.29) is 29.1 Å². The summed E-state index contributed by atoms with van der Waals surface area (Å²) in [6.45, 7) is 3.10. The van der Waals surface area contributed by atoms with Crippen LogP contribution < -0.4 is 19.1 Å². The normalized spacial score (nSPS) is 13.9. The van der Waals surface area contributed by atoms with Crippen LogP contribution in [-0.4, -0.2) is 50.9 Å². The highest BCUT2D eigenvalue weighted by molar-refractivity contribution is 7.92. The first-order valence-electron chi connectivity index (χ1n) is 15.8. The Morgan fingerprint density at radius 3 is 2.15 bits per heavy atom. The van der Waals surface area contributed by atoms with Gasteiger partial charge in [0, 0.05) is 12.6 Å². The Kier molecular flexibility index (Phi) is 10.8. The van der Waals surface area contributed by atoms with E-state index in [4.69, 9.17) is 9.47 Å². The Morgan fingerprint density at radius 2 is 1.49 bits per heavy atom. The van der Waals surface area contributed by atoms with Gasteiger partial charge in [-0.2, -0.15) is 0 Å². The molecule has 5 rings (SSSR count). The number of amides is 2. The molecule has 0 aliphatic heterocycles. The summed E-state index contributed by atoms with van der Waals surface area (Å²) < 4.78 is 40.8. The van der Waals surface area contributed by atoms with Crippen LogP contribution in [0.4, 0.5) is 5.69 Å². The standard InChI is InChI=1S/C37H41N3O6S/c1-27-16-22-35(23-17-27)47(43,44)40(31-18-20-33(21-19-31)46-32-13-5-4-6-14-32)26-36(41)39(25-29-10-9-15-34(24-29)45-3)28(2)37(42)38-30-11-7-8-12-30/h4-6,9-10,13-24,28,30H,7-8,11-12,25-26H2,1-3H3,(H,38,42)/t28-/m1/s1. The van der Waals surface area contributed by atoms with Gasteiger partial charge in [0.2, 0.25) is 11.8 Å². The van der Waals surface area contributed by atoms with Crippen LogP contribution in [0.1, 0.15) is 43.7 Å². The predicted molar refractivity (Wildman–Crippen MR) is 182 cm³/mol. The predicted octanol–water partition coefficient (Wildman–Crippen LogP) is 6.47. The zero-order chi connectivity index (χ0) is 33.4. The van der Waals surface area contributed by atoms with Crippen molar-refractivity contribution < 1.29 is 27.5 Å². The molecule has 1 N–H and O–H groups in total. The van der Waals surface area contributed by atoms with Crippen LogP contribution in [-0.2, 0) is 26.2 Å². The second-order valence-electron chi connectivity index (χ2n) is 11.8. The van der Waals surface area contributed by atoms with E-state index in [1.165, 1.54) is 17.0 Å². The molecule has 0 bridgehead atoms. The Bertz CT molecular complexity index is 1760. The summed E-state index contributed by atoms with van der Waals surface area (Å²) >= 11 is 0. The minimum atomic E-state index is -4.19. The third kappa shape index (κ3) is 8.51. The molecule has 0 saturated heterocycles. The molecule has 9 nitrogen and oxygen atoms in total. The molecule has 47 heavy (non-hydrogen) atoms. The van der Waals surface area contributed by atoms with Crippen LogP contribution in [0.5, 0.6) is 17.2 Å². The molecular weight excluding hydrogens is 614 g/mol. The van der Waals surface area contributed by atoms with Gasteiger partial charge in [0.1, 0.15) is 29.8 Å². The number of nitrogens with zero attached hydrogens (tertiary/aromatic N) is 2. The van der Waals surface area contributed by atoms with Crippen molar-refractivity contribution in [1.82, 2.24) is 10.2 Å². The SMILES string of the molecule is COc1cccc(CN(C(=O)CN(c2ccc(Oc3ccccc3)cc2)S(=O)(=O)c2ccc(C)cc2)[C@H](C)C(=O)NC2CCCC2)c1. The fourth-order valence-electron chi connectivity index (χ4n) is 5.61. The fourth-order valence-corrected chi connectivity index (χ4v) is 7.03. The van der Waals surface area contributed by atoms with Crippen molar-refractivity contribution in [3.63, 3.8) is 0 Å². The number of benzene rings is 4. The molecule has 1 saturated carbocycles. The number of carbonyl (C=O) groups is 2. The molecule has 1 fully saturated rings. The number of ether oxygens (including phenoxy) is 2. The number of anilines is 1. The first-order valence-corrected chi connectivity index (χ1v) is 17.2. The second-order valence-corrected chi connectivity index (χ2v) is 13.6. The molecule has 4 aromatic rings. The quantitative estimate of drug-likeness (QED) is 0.177. The number of hydrogen-bond acceptors (Lipinski definition) is 6. The van der Waals surface area contributed by atoms with E-state index in [0.717, 1.165) is 41.1 Å². The number of nitrogens with one attached hydrogen (secondary N) is 1. The topological polar surface area (TPSA) is 105 Å². The van der Waals surface area contributed by atoms with Gasteiger partial charge in [-0.25, -0.2) is 8.42 Å². The summed E-state index contributed by atoms with van der Waals surface area (Å²) in [5.41, 5.74) is 1.93. The zero-order valence-corrected chi connectivity index (χ0v) is 27.8. The molecule has 0 spiro atoms.